The van der Waals surface area contributed by atoms with Crippen molar-refractivity contribution in [3.63, 3.8) is 0 Å². The number of carbonyl (C=O) groups is 1. The van der Waals surface area contributed by atoms with Crippen molar-refractivity contribution in [2.45, 2.75) is 13.8 Å². The summed E-state index contributed by atoms with van der Waals surface area (Å²) in [5.41, 5.74) is 5.40. The van der Waals surface area contributed by atoms with Gasteiger partial charge in [-0.1, -0.05) is 37.6 Å². The Bertz CT molecular complexity index is 694. The van der Waals surface area contributed by atoms with E-state index in [1.54, 1.807) is 24.3 Å². The Kier molecular flexibility index (Phi) is 7.85. The molecule has 0 aliphatic carbocycles. The maximum absolute atomic E-state index is 13.3. The zero-order chi connectivity index (χ0) is 18.1. The van der Waals surface area contributed by atoms with Gasteiger partial charge in [0.15, 0.2) is 18.1 Å². The summed E-state index contributed by atoms with van der Waals surface area (Å²) < 4.78 is 28.7. The third-order valence-electron chi connectivity index (χ3n) is 2.69. The minimum atomic E-state index is -0.632. The summed E-state index contributed by atoms with van der Waals surface area (Å²) in [6.07, 6.45) is 0. The van der Waals surface area contributed by atoms with Crippen LogP contribution in [0, 0.1) is 5.82 Å². The van der Waals surface area contributed by atoms with E-state index in [2.05, 4.69) is 4.74 Å². The van der Waals surface area contributed by atoms with Crippen molar-refractivity contribution >= 4 is 23.3 Å². The number of hydrogen-bond acceptors (Lipinski definition) is 5. The zero-order valence-corrected chi connectivity index (χ0v) is 14.4. The molecule has 0 saturated heterocycles. The predicted molar refractivity (Wildman–Crippen MR) is 91.2 cm³/mol. The van der Waals surface area contributed by atoms with Crippen LogP contribution >= 0.6 is 11.6 Å². The lowest BCUT2D eigenvalue weighted by Gasteiger charge is -2.13. The number of carbonyl (C=O) groups excluding carboxylic acids is 1. The summed E-state index contributed by atoms with van der Waals surface area (Å²) in [7, 11) is 1.26. The first kappa shape index (κ1) is 19.6. The normalized spacial score (nSPS) is 9.54. The highest BCUT2D eigenvalue weighted by molar-refractivity contribution is 6.32. The lowest BCUT2D eigenvalue weighted by Crippen LogP contribution is -2.12. The number of nitrogen functional groups attached to an aromatic ring is 1. The van der Waals surface area contributed by atoms with Crippen LogP contribution in [0.3, 0.4) is 0 Å². The van der Waals surface area contributed by atoms with Gasteiger partial charge < -0.3 is 19.9 Å². The van der Waals surface area contributed by atoms with Gasteiger partial charge in [0.2, 0.25) is 0 Å². The Hall–Kier alpha value is -2.47. The van der Waals surface area contributed by atoms with Crippen molar-refractivity contribution in [2.75, 3.05) is 19.5 Å². The molecule has 0 aliphatic heterocycles. The number of ether oxygens (including phenoxy) is 3. The summed E-state index contributed by atoms with van der Waals surface area (Å²) >= 11 is 5.92. The van der Waals surface area contributed by atoms with Gasteiger partial charge in [0.1, 0.15) is 11.6 Å². The second-order valence-electron chi connectivity index (χ2n) is 4.22. The van der Waals surface area contributed by atoms with E-state index in [0.29, 0.717) is 11.5 Å². The van der Waals surface area contributed by atoms with E-state index >= 15 is 0 Å². The van der Waals surface area contributed by atoms with E-state index in [1.165, 1.54) is 13.2 Å². The van der Waals surface area contributed by atoms with Crippen molar-refractivity contribution in [3.05, 3.63) is 47.2 Å². The minimum Gasteiger partial charge on any atom is -0.478 e. The fourth-order valence-corrected chi connectivity index (χ4v) is 1.78. The Morgan fingerprint density at radius 2 is 1.79 bits per heavy atom. The molecule has 0 saturated carbocycles. The first-order valence-electron chi connectivity index (χ1n) is 7.22. The molecule has 2 aromatic rings. The van der Waals surface area contributed by atoms with Gasteiger partial charge in [-0.15, -0.1) is 0 Å². The summed E-state index contributed by atoms with van der Waals surface area (Å²) in [4.78, 5) is 11.1. The van der Waals surface area contributed by atoms with Gasteiger partial charge >= 0.3 is 5.97 Å². The Labute approximate surface area is 145 Å². The molecule has 5 nitrogen and oxygen atoms in total. The van der Waals surface area contributed by atoms with Gasteiger partial charge in [0, 0.05) is 6.07 Å². The van der Waals surface area contributed by atoms with Crippen LogP contribution in [0.5, 0.6) is 17.2 Å². The molecule has 7 heteroatoms. The molecule has 0 heterocycles. The first-order chi connectivity index (χ1) is 11.5. The van der Waals surface area contributed by atoms with E-state index in [0.717, 1.165) is 6.07 Å². The lowest BCUT2D eigenvalue weighted by molar-refractivity contribution is -0.142. The molecule has 2 aromatic carbocycles. The molecule has 0 fully saturated rings. The standard InChI is InChI=1S/C15H13ClFNO4.C2H6/c1-20-15(19)8-21-12-4-2-3-5-13(12)22-14-7-11(18)10(17)6-9(14)16;1-2/h2-7H,8,18H2,1H3;1-2H3. The van der Waals surface area contributed by atoms with Gasteiger partial charge in [-0.2, -0.15) is 0 Å². The molecule has 2 N–H and O–H groups in total. The summed E-state index contributed by atoms with van der Waals surface area (Å²) in [6, 6.07) is 8.97. The number of esters is 1. The number of hydrogen-bond donors (Lipinski definition) is 1. The molecule has 130 valence electrons. The largest absolute Gasteiger partial charge is 0.478 e. The number of nitrogens with two attached hydrogens (primary N) is 1. The van der Waals surface area contributed by atoms with E-state index in [-0.39, 0.29) is 23.1 Å². The van der Waals surface area contributed by atoms with Crippen molar-refractivity contribution in [2.24, 2.45) is 0 Å². The second kappa shape index (κ2) is 9.62. The third kappa shape index (κ3) is 5.31. The Morgan fingerprint density at radius 3 is 2.42 bits per heavy atom. The molecular weight excluding hydrogens is 337 g/mol. The van der Waals surface area contributed by atoms with Crippen LogP contribution in [0.2, 0.25) is 5.02 Å². The van der Waals surface area contributed by atoms with Crippen molar-refractivity contribution in [3.8, 4) is 17.2 Å². The van der Waals surface area contributed by atoms with Crippen LogP contribution in [0.1, 0.15) is 13.8 Å². The maximum Gasteiger partial charge on any atom is 0.343 e. The molecule has 0 bridgehead atoms. The zero-order valence-electron chi connectivity index (χ0n) is 13.6. The Morgan fingerprint density at radius 1 is 1.17 bits per heavy atom. The molecule has 0 amide bonds. The first-order valence-corrected chi connectivity index (χ1v) is 7.60. The van der Waals surface area contributed by atoms with Crippen molar-refractivity contribution < 1.29 is 23.4 Å². The molecular formula is C17H19ClFNO4. The third-order valence-corrected chi connectivity index (χ3v) is 2.99. The SMILES string of the molecule is CC.COC(=O)COc1ccccc1Oc1cc(N)c(F)cc1Cl. The fraction of sp³-hybridized carbons (Fsp3) is 0.235. The van der Waals surface area contributed by atoms with E-state index in [1.807, 2.05) is 13.8 Å². The van der Waals surface area contributed by atoms with Crippen LogP contribution in [0.4, 0.5) is 10.1 Å². The number of methoxy groups -OCH3 is 1. The molecule has 0 unspecified atom stereocenters. The maximum atomic E-state index is 13.3. The summed E-state index contributed by atoms with van der Waals surface area (Å²) in [6.45, 7) is 3.73. The second-order valence-corrected chi connectivity index (χ2v) is 4.62. The van der Waals surface area contributed by atoms with E-state index in [4.69, 9.17) is 26.8 Å². The quantitative estimate of drug-likeness (QED) is 0.634. The van der Waals surface area contributed by atoms with Gasteiger partial charge in [0.05, 0.1) is 17.8 Å². The highest BCUT2D eigenvalue weighted by atomic mass is 35.5. The highest BCUT2D eigenvalue weighted by Crippen LogP contribution is 2.36. The number of benzene rings is 2. The van der Waals surface area contributed by atoms with E-state index < -0.39 is 11.8 Å². The number of anilines is 1. The molecule has 0 atom stereocenters. The molecule has 0 spiro atoms. The average Bonchev–Trinajstić information content (AvgIpc) is 2.60. The molecule has 0 aliphatic rings. The van der Waals surface area contributed by atoms with Crippen LogP contribution < -0.4 is 15.2 Å². The van der Waals surface area contributed by atoms with Crippen LogP contribution in [-0.2, 0) is 9.53 Å². The van der Waals surface area contributed by atoms with Crippen LogP contribution in [-0.4, -0.2) is 19.7 Å². The summed E-state index contributed by atoms with van der Waals surface area (Å²) in [5, 5.41) is 0.0643. The molecule has 0 radical (unpaired) electrons. The molecule has 2 rings (SSSR count). The number of halogens is 2. The highest BCUT2D eigenvalue weighted by Gasteiger charge is 2.12. The van der Waals surface area contributed by atoms with Gasteiger partial charge in [0.25, 0.3) is 0 Å². The van der Waals surface area contributed by atoms with Gasteiger partial charge in [-0.05, 0) is 18.2 Å². The summed E-state index contributed by atoms with van der Waals surface area (Å²) in [5.74, 6) is -0.368. The Balaban J connectivity index is 0.00000139. The van der Waals surface area contributed by atoms with Crippen LogP contribution in [0.25, 0.3) is 0 Å². The number of rotatable bonds is 5. The van der Waals surface area contributed by atoms with Crippen molar-refractivity contribution in [1.82, 2.24) is 0 Å². The predicted octanol–water partition coefficient (Wildman–Crippen LogP) is 4.43. The average molecular weight is 356 g/mol. The van der Waals surface area contributed by atoms with Crippen molar-refractivity contribution in [1.29, 1.82) is 0 Å². The smallest absolute Gasteiger partial charge is 0.343 e. The topological polar surface area (TPSA) is 70.8 Å². The fourth-order valence-electron chi connectivity index (χ4n) is 1.59. The minimum absolute atomic E-state index is 0.0643. The molecule has 24 heavy (non-hydrogen) atoms. The molecule has 0 aromatic heterocycles. The van der Waals surface area contributed by atoms with E-state index in [9.17, 15) is 9.18 Å². The number of para-hydroxylation sites is 2. The lowest BCUT2D eigenvalue weighted by atomic mass is 10.3. The van der Waals surface area contributed by atoms with Gasteiger partial charge in [-0.25, -0.2) is 9.18 Å². The van der Waals surface area contributed by atoms with Crippen LogP contribution in [0.15, 0.2) is 36.4 Å². The van der Waals surface area contributed by atoms with Gasteiger partial charge in [-0.3, -0.25) is 0 Å². The monoisotopic (exact) mass is 355 g/mol.